The lowest BCUT2D eigenvalue weighted by Crippen LogP contribution is -2.13. The fraction of sp³-hybridized carbons (Fsp3) is 0.235. The molecule has 1 aromatic carbocycles. The Kier molecular flexibility index (Phi) is 4.60. The van der Waals surface area contributed by atoms with Crippen molar-refractivity contribution >= 4 is 17.4 Å². The molecule has 3 rings (SSSR count). The summed E-state index contributed by atoms with van der Waals surface area (Å²) in [5, 5.41) is 2.82. The lowest BCUT2D eigenvalue weighted by atomic mass is 10.2. The van der Waals surface area contributed by atoms with Gasteiger partial charge in [0, 0.05) is 24.7 Å². The minimum absolute atomic E-state index is 0.276. The predicted molar refractivity (Wildman–Crippen MR) is 89.7 cm³/mol. The van der Waals surface area contributed by atoms with Gasteiger partial charge in [-0.1, -0.05) is 0 Å². The predicted octanol–water partition coefficient (Wildman–Crippen LogP) is 2.78. The number of hydrogen-bond acceptors (Lipinski definition) is 5. The normalized spacial score (nSPS) is 10.6. The SMILES string of the molecule is CCOc1ccc(OCC)c(NC(=O)c2cn3cccnc3n2)c1. The molecule has 0 unspecified atom stereocenters. The first kappa shape index (κ1) is 15.8. The van der Waals surface area contributed by atoms with Gasteiger partial charge in [-0.25, -0.2) is 9.97 Å². The number of carbonyl (C=O) groups is 1. The quantitative estimate of drug-likeness (QED) is 0.753. The summed E-state index contributed by atoms with van der Waals surface area (Å²) in [5.41, 5.74) is 0.816. The molecule has 0 aliphatic carbocycles. The molecule has 7 heteroatoms. The average molecular weight is 326 g/mol. The van der Waals surface area contributed by atoms with Crippen LogP contribution in [-0.4, -0.2) is 33.5 Å². The highest BCUT2D eigenvalue weighted by Gasteiger charge is 2.14. The fourth-order valence-corrected chi connectivity index (χ4v) is 2.27. The summed E-state index contributed by atoms with van der Waals surface area (Å²) in [5.74, 6) is 1.37. The van der Waals surface area contributed by atoms with E-state index in [0.717, 1.165) is 0 Å². The van der Waals surface area contributed by atoms with E-state index < -0.39 is 0 Å². The van der Waals surface area contributed by atoms with E-state index in [4.69, 9.17) is 9.47 Å². The topological polar surface area (TPSA) is 77.8 Å². The molecule has 0 aliphatic heterocycles. The van der Waals surface area contributed by atoms with Crippen molar-refractivity contribution in [3.63, 3.8) is 0 Å². The van der Waals surface area contributed by atoms with Crippen LogP contribution in [0.25, 0.3) is 5.78 Å². The number of benzene rings is 1. The van der Waals surface area contributed by atoms with E-state index in [9.17, 15) is 4.79 Å². The maximum Gasteiger partial charge on any atom is 0.276 e. The van der Waals surface area contributed by atoms with E-state index in [-0.39, 0.29) is 11.6 Å². The van der Waals surface area contributed by atoms with Gasteiger partial charge in [-0.15, -0.1) is 0 Å². The molecule has 1 amide bonds. The molecular formula is C17H18N4O3. The van der Waals surface area contributed by atoms with Crippen LogP contribution in [0.15, 0.2) is 42.9 Å². The van der Waals surface area contributed by atoms with Crippen LogP contribution >= 0.6 is 0 Å². The highest BCUT2D eigenvalue weighted by molar-refractivity contribution is 6.04. The average Bonchev–Trinajstić information content (AvgIpc) is 3.02. The minimum atomic E-state index is -0.338. The highest BCUT2D eigenvalue weighted by Crippen LogP contribution is 2.29. The third kappa shape index (κ3) is 3.29. The summed E-state index contributed by atoms with van der Waals surface area (Å²) in [4.78, 5) is 20.8. The molecule has 0 atom stereocenters. The Labute approximate surface area is 139 Å². The number of nitrogens with one attached hydrogen (secondary N) is 1. The van der Waals surface area contributed by atoms with Crippen LogP contribution in [0.3, 0.4) is 0 Å². The third-order valence-corrected chi connectivity index (χ3v) is 3.28. The molecule has 124 valence electrons. The number of ether oxygens (including phenoxy) is 2. The van der Waals surface area contributed by atoms with Crippen LogP contribution < -0.4 is 14.8 Å². The highest BCUT2D eigenvalue weighted by atomic mass is 16.5. The van der Waals surface area contributed by atoms with Crippen molar-refractivity contribution in [2.24, 2.45) is 0 Å². The Morgan fingerprint density at radius 3 is 2.83 bits per heavy atom. The molecule has 0 bridgehead atoms. The molecule has 0 radical (unpaired) electrons. The number of aromatic nitrogens is 3. The molecule has 0 aliphatic rings. The van der Waals surface area contributed by atoms with Gasteiger partial charge in [0.25, 0.3) is 5.91 Å². The van der Waals surface area contributed by atoms with Crippen LogP contribution in [0.1, 0.15) is 24.3 Å². The zero-order valence-electron chi connectivity index (χ0n) is 13.5. The molecule has 2 heterocycles. The number of rotatable bonds is 6. The lowest BCUT2D eigenvalue weighted by molar-refractivity contribution is 0.102. The largest absolute Gasteiger partial charge is 0.494 e. The van der Waals surface area contributed by atoms with Crippen molar-refractivity contribution < 1.29 is 14.3 Å². The fourth-order valence-electron chi connectivity index (χ4n) is 2.27. The van der Waals surface area contributed by atoms with Gasteiger partial charge in [-0.2, -0.15) is 0 Å². The van der Waals surface area contributed by atoms with E-state index in [1.165, 1.54) is 0 Å². The summed E-state index contributed by atoms with van der Waals surface area (Å²) in [6.07, 6.45) is 5.04. The number of anilines is 1. The number of amides is 1. The first-order chi connectivity index (χ1) is 11.7. The van der Waals surface area contributed by atoms with Crippen LogP contribution in [0.2, 0.25) is 0 Å². The van der Waals surface area contributed by atoms with Crippen molar-refractivity contribution in [1.29, 1.82) is 0 Å². The number of imidazole rings is 1. The number of nitrogens with zero attached hydrogens (tertiary/aromatic N) is 3. The summed E-state index contributed by atoms with van der Waals surface area (Å²) < 4.78 is 12.7. The first-order valence-electron chi connectivity index (χ1n) is 7.72. The van der Waals surface area contributed by atoms with E-state index in [1.54, 1.807) is 47.3 Å². The number of carbonyl (C=O) groups excluding carboxylic acids is 1. The molecule has 1 N–H and O–H groups in total. The summed E-state index contributed by atoms with van der Waals surface area (Å²) in [6, 6.07) is 7.09. The van der Waals surface area contributed by atoms with E-state index in [0.29, 0.717) is 36.2 Å². The lowest BCUT2D eigenvalue weighted by Gasteiger charge is -2.13. The van der Waals surface area contributed by atoms with Gasteiger partial charge in [0.2, 0.25) is 5.78 Å². The molecule has 0 saturated heterocycles. The molecule has 7 nitrogen and oxygen atoms in total. The molecule has 24 heavy (non-hydrogen) atoms. The second-order valence-electron chi connectivity index (χ2n) is 4.93. The zero-order valence-corrected chi connectivity index (χ0v) is 13.5. The Morgan fingerprint density at radius 2 is 2.08 bits per heavy atom. The first-order valence-corrected chi connectivity index (χ1v) is 7.72. The number of fused-ring (bicyclic) bond motifs is 1. The van der Waals surface area contributed by atoms with Crippen LogP contribution in [0, 0.1) is 0 Å². The van der Waals surface area contributed by atoms with Gasteiger partial charge >= 0.3 is 0 Å². The molecule has 0 saturated carbocycles. The summed E-state index contributed by atoms with van der Waals surface area (Å²) in [6.45, 7) is 4.82. The maximum atomic E-state index is 12.5. The maximum absolute atomic E-state index is 12.5. The van der Waals surface area contributed by atoms with Crippen molar-refractivity contribution in [2.45, 2.75) is 13.8 Å². The Hall–Kier alpha value is -3.09. The van der Waals surface area contributed by atoms with Gasteiger partial charge in [0.1, 0.15) is 17.2 Å². The second-order valence-corrected chi connectivity index (χ2v) is 4.93. The van der Waals surface area contributed by atoms with Crippen LogP contribution in [-0.2, 0) is 0 Å². The summed E-state index contributed by atoms with van der Waals surface area (Å²) >= 11 is 0. The van der Waals surface area contributed by atoms with E-state index >= 15 is 0 Å². The van der Waals surface area contributed by atoms with Gasteiger partial charge in [0.15, 0.2) is 0 Å². The minimum Gasteiger partial charge on any atom is -0.494 e. The summed E-state index contributed by atoms with van der Waals surface area (Å²) in [7, 11) is 0. The van der Waals surface area contributed by atoms with Gasteiger partial charge in [-0.3, -0.25) is 9.20 Å². The van der Waals surface area contributed by atoms with Gasteiger partial charge in [0.05, 0.1) is 18.9 Å². The van der Waals surface area contributed by atoms with Crippen molar-refractivity contribution in [2.75, 3.05) is 18.5 Å². The van der Waals surface area contributed by atoms with Crippen molar-refractivity contribution in [3.8, 4) is 11.5 Å². The molecule has 0 spiro atoms. The monoisotopic (exact) mass is 326 g/mol. The van der Waals surface area contributed by atoms with Crippen LogP contribution in [0.4, 0.5) is 5.69 Å². The van der Waals surface area contributed by atoms with Gasteiger partial charge in [-0.05, 0) is 32.0 Å². The smallest absolute Gasteiger partial charge is 0.276 e. The Bertz CT molecular complexity index is 827. The molecule has 3 aromatic rings. The standard InChI is InChI=1S/C17H18N4O3/c1-3-23-12-6-7-15(24-4-2)13(10-12)19-16(22)14-11-21-9-5-8-18-17(21)20-14/h5-11H,3-4H2,1-2H3,(H,19,22). The Balaban J connectivity index is 1.87. The van der Waals surface area contributed by atoms with Gasteiger partial charge < -0.3 is 14.8 Å². The van der Waals surface area contributed by atoms with E-state index in [2.05, 4.69) is 15.3 Å². The van der Waals surface area contributed by atoms with Crippen LogP contribution in [0.5, 0.6) is 11.5 Å². The second kappa shape index (κ2) is 6.99. The van der Waals surface area contributed by atoms with Crippen molar-refractivity contribution in [1.82, 2.24) is 14.4 Å². The van der Waals surface area contributed by atoms with Crippen molar-refractivity contribution in [3.05, 3.63) is 48.5 Å². The molecule has 2 aromatic heterocycles. The zero-order chi connectivity index (χ0) is 16.9. The van der Waals surface area contributed by atoms with E-state index in [1.807, 2.05) is 13.8 Å². The molecule has 0 fully saturated rings. The third-order valence-electron chi connectivity index (χ3n) is 3.28. The Morgan fingerprint density at radius 1 is 1.25 bits per heavy atom. The molecular weight excluding hydrogens is 308 g/mol. The number of hydrogen-bond donors (Lipinski definition) is 1.